The molecule has 0 saturated heterocycles. The van der Waals surface area contributed by atoms with Crippen molar-refractivity contribution in [2.45, 2.75) is 32.6 Å². The molecule has 1 aromatic rings. The summed E-state index contributed by atoms with van der Waals surface area (Å²) in [6.07, 6.45) is 5.16. The third kappa shape index (κ3) is 9.66. The first-order valence-electron chi connectivity index (χ1n) is 4.59. The van der Waals surface area contributed by atoms with Crippen LogP contribution < -0.4 is 5.73 Å². The Hall–Kier alpha value is -0.340. The molecule has 1 aromatic heterocycles. The van der Waals surface area contributed by atoms with E-state index in [2.05, 4.69) is 6.92 Å². The van der Waals surface area contributed by atoms with Crippen LogP contribution in [-0.2, 0) is 0 Å². The Kier molecular flexibility index (Phi) is 10.4. The zero-order valence-corrected chi connectivity index (χ0v) is 8.65. The number of nitrogens with two attached hydrogens (primary N) is 1. The molecule has 0 saturated carbocycles. The highest BCUT2D eigenvalue weighted by Gasteiger charge is 1.80. The Morgan fingerprint density at radius 2 is 1.75 bits per heavy atom. The third-order valence-corrected chi connectivity index (χ3v) is 2.11. The Labute approximate surface area is 79.6 Å². The van der Waals surface area contributed by atoms with E-state index in [1.54, 1.807) is 11.3 Å². The lowest BCUT2D eigenvalue weighted by Crippen LogP contribution is -1.97. The fraction of sp³-hybridized carbons (Fsp3) is 0.600. The minimum atomic E-state index is 0.861. The highest BCUT2D eigenvalue weighted by atomic mass is 32.1. The molecule has 0 spiro atoms. The van der Waals surface area contributed by atoms with Crippen LogP contribution in [0.15, 0.2) is 22.9 Å². The molecule has 1 heterocycles. The van der Waals surface area contributed by atoms with Crippen LogP contribution in [-0.4, -0.2) is 6.54 Å². The van der Waals surface area contributed by atoms with E-state index in [-0.39, 0.29) is 0 Å². The second-order valence-electron chi connectivity index (χ2n) is 2.64. The summed E-state index contributed by atoms with van der Waals surface area (Å²) < 4.78 is 0. The smallest absolute Gasteiger partial charge is 0.00773 e. The Bertz CT molecular complexity index is 116. The average Bonchev–Trinajstić information content (AvgIpc) is 2.62. The van der Waals surface area contributed by atoms with E-state index < -0.39 is 0 Å². The van der Waals surface area contributed by atoms with Gasteiger partial charge in [0.05, 0.1) is 0 Å². The summed E-state index contributed by atoms with van der Waals surface area (Å²) in [6, 6.07) is 4.04. The van der Waals surface area contributed by atoms with Gasteiger partial charge < -0.3 is 5.73 Å². The quantitative estimate of drug-likeness (QED) is 0.716. The molecule has 0 fully saturated rings. The number of rotatable bonds is 4. The average molecular weight is 185 g/mol. The number of thiophene rings is 1. The summed E-state index contributed by atoms with van der Waals surface area (Å²) in [7, 11) is 0. The van der Waals surface area contributed by atoms with Crippen LogP contribution in [0, 0.1) is 0 Å². The molecule has 0 bridgehead atoms. The van der Waals surface area contributed by atoms with Crippen LogP contribution in [0.3, 0.4) is 0 Å². The maximum absolute atomic E-state index is 5.27. The fourth-order valence-electron chi connectivity index (χ4n) is 0.798. The van der Waals surface area contributed by atoms with Gasteiger partial charge in [0, 0.05) is 0 Å². The summed E-state index contributed by atoms with van der Waals surface area (Å²) in [5.74, 6) is 0. The van der Waals surface area contributed by atoms with Crippen molar-refractivity contribution in [1.29, 1.82) is 0 Å². The van der Waals surface area contributed by atoms with Crippen molar-refractivity contribution in [3.05, 3.63) is 22.9 Å². The monoisotopic (exact) mass is 185 g/mol. The molecule has 12 heavy (non-hydrogen) atoms. The van der Waals surface area contributed by atoms with Crippen molar-refractivity contribution in [1.82, 2.24) is 0 Å². The highest BCUT2D eigenvalue weighted by molar-refractivity contribution is 7.07. The van der Waals surface area contributed by atoms with E-state index in [1.807, 2.05) is 22.9 Å². The molecule has 2 N–H and O–H groups in total. The van der Waals surface area contributed by atoms with Gasteiger partial charge in [0.2, 0.25) is 0 Å². The Morgan fingerprint density at radius 3 is 2.08 bits per heavy atom. The predicted molar refractivity (Wildman–Crippen MR) is 57.5 cm³/mol. The first kappa shape index (κ1) is 11.7. The minimum Gasteiger partial charge on any atom is -0.330 e. The number of hydrogen-bond acceptors (Lipinski definition) is 2. The van der Waals surface area contributed by atoms with Gasteiger partial charge in [0.1, 0.15) is 0 Å². The van der Waals surface area contributed by atoms with Gasteiger partial charge in [0.15, 0.2) is 0 Å². The first-order chi connectivity index (χ1) is 5.91. The van der Waals surface area contributed by atoms with Gasteiger partial charge in [-0.15, -0.1) is 0 Å². The molecule has 0 radical (unpaired) electrons. The molecule has 1 nitrogen and oxygen atoms in total. The van der Waals surface area contributed by atoms with E-state index >= 15 is 0 Å². The zero-order valence-electron chi connectivity index (χ0n) is 7.83. The highest BCUT2D eigenvalue weighted by Crippen LogP contribution is 1.95. The van der Waals surface area contributed by atoms with Crippen LogP contribution >= 0.6 is 11.3 Å². The van der Waals surface area contributed by atoms with Crippen molar-refractivity contribution in [3.63, 3.8) is 0 Å². The summed E-state index contributed by atoms with van der Waals surface area (Å²) >= 11 is 1.71. The van der Waals surface area contributed by atoms with Crippen LogP contribution in [0.5, 0.6) is 0 Å². The van der Waals surface area contributed by atoms with Crippen molar-refractivity contribution >= 4 is 11.3 Å². The topological polar surface area (TPSA) is 26.0 Å². The van der Waals surface area contributed by atoms with E-state index in [0.29, 0.717) is 0 Å². The number of hydrogen-bond donors (Lipinski definition) is 1. The van der Waals surface area contributed by atoms with Crippen LogP contribution in [0.2, 0.25) is 0 Å². The number of unbranched alkanes of at least 4 members (excludes halogenated alkanes) is 3. The second kappa shape index (κ2) is 10.7. The molecule has 1 rings (SSSR count). The largest absolute Gasteiger partial charge is 0.330 e. The van der Waals surface area contributed by atoms with E-state index in [0.717, 1.165) is 6.54 Å². The molecule has 0 amide bonds. The van der Waals surface area contributed by atoms with Crippen molar-refractivity contribution < 1.29 is 0 Å². The van der Waals surface area contributed by atoms with E-state index in [9.17, 15) is 0 Å². The van der Waals surface area contributed by atoms with Crippen molar-refractivity contribution in [3.8, 4) is 0 Å². The standard InChI is InChI=1S/C6H15N.C4H4S/c1-2-3-4-5-6-7;1-2-4-5-3-1/h2-7H2,1H3;1-4H. The summed E-state index contributed by atoms with van der Waals surface area (Å²) in [4.78, 5) is 0. The summed E-state index contributed by atoms with van der Waals surface area (Å²) in [5, 5.41) is 4.08. The lowest BCUT2D eigenvalue weighted by molar-refractivity contribution is 0.674. The van der Waals surface area contributed by atoms with Crippen molar-refractivity contribution in [2.75, 3.05) is 6.54 Å². The maximum atomic E-state index is 5.27. The SMILES string of the molecule is CCCCCCN.c1ccsc1. The second-order valence-corrected chi connectivity index (χ2v) is 3.46. The Balaban J connectivity index is 0.000000211. The van der Waals surface area contributed by atoms with Crippen LogP contribution in [0.25, 0.3) is 0 Å². The molecule has 0 aliphatic rings. The van der Waals surface area contributed by atoms with Gasteiger partial charge in [-0.05, 0) is 23.7 Å². The minimum absolute atomic E-state index is 0.861. The maximum Gasteiger partial charge on any atom is -0.00773 e. The molecular formula is C10H19NS. The van der Waals surface area contributed by atoms with Crippen LogP contribution in [0.1, 0.15) is 32.6 Å². The van der Waals surface area contributed by atoms with Gasteiger partial charge in [0.25, 0.3) is 0 Å². The van der Waals surface area contributed by atoms with Gasteiger partial charge >= 0.3 is 0 Å². The molecule has 70 valence electrons. The molecule has 0 aliphatic carbocycles. The normalized spacial score (nSPS) is 8.83. The van der Waals surface area contributed by atoms with Gasteiger partial charge in [-0.25, -0.2) is 0 Å². The Morgan fingerprint density at radius 1 is 1.08 bits per heavy atom. The zero-order chi connectivity index (χ0) is 9.07. The van der Waals surface area contributed by atoms with E-state index in [1.165, 1.54) is 25.7 Å². The van der Waals surface area contributed by atoms with Gasteiger partial charge in [-0.3, -0.25) is 0 Å². The first-order valence-corrected chi connectivity index (χ1v) is 5.53. The molecule has 0 aliphatic heterocycles. The molecule has 0 atom stereocenters. The summed E-state index contributed by atoms with van der Waals surface area (Å²) in [6.45, 7) is 3.07. The lowest BCUT2D eigenvalue weighted by atomic mass is 10.2. The predicted octanol–water partition coefficient (Wildman–Crippen LogP) is 3.27. The van der Waals surface area contributed by atoms with E-state index in [4.69, 9.17) is 5.73 Å². The molecule has 0 unspecified atom stereocenters. The molecule has 2 heteroatoms. The molecule has 0 aromatic carbocycles. The fourth-order valence-corrected chi connectivity index (χ4v) is 1.25. The summed E-state index contributed by atoms with van der Waals surface area (Å²) in [5.41, 5.74) is 5.27. The lowest BCUT2D eigenvalue weighted by Gasteiger charge is -1.90. The van der Waals surface area contributed by atoms with Gasteiger partial charge in [-0.2, -0.15) is 11.3 Å². The third-order valence-electron chi connectivity index (χ3n) is 1.48. The molecular weight excluding hydrogens is 166 g/mol. The van der Waals surface area contributed by atoms with Crippen molar-refractivity contribution in [2.24, 2.45) is 5.73 Å². The van der Waals surface area contributed by atoms with Gasteiger partial charge in [-0.1, -0.05) is 38.3 Å². The van der Waals surface area contributed by atoms with Crippen LogP contribution in [0.4, 0.5) is 0 Å².